The molecule has 39 heavy (non-hydrogen) atoms. The minimum Gasteiger partial charge on any atom is -0.358 e. The molecular formula is C36H34ClN2+. The number of nitrogens with zero attached hydrogens (tertiary/aromatic N) is 1. The third kappa shape index (κ3) is 4.15. The maximum atomic E-state index is 6.62. The zero-order chi connectivity index (χ0) is 27.4. The summed E-state index contributed by atoms with van der Waals surface area (Å²) in [7, 11) is 2.15. The van der Waals surface area contributed by atoms with Crippen LogP contribution < -0.4 is 5.32 Å². The molecule has 2 aliphatic rings. The minimum absolute atomic E-state index is 0.110. The normalized spacial score (nSPS) is 19.0. The van der Waals surface area contributed by atoms with Crippen LogP contribution in [-0.4, -0.2) is 17.3 Å². The number of hydrogen-bond acceptors (Lipinski definition) is 1. The monoisotopic (exact) mass is 529 g/mol. The van der Waals surface area contributed by atoms with Gasteiger partial charge in [0.25, 0.3) is 0 Å². The summed E-state index contributed by atoms with van der Waals surface area (Å²) in [6.07, 6.45) is 12.3. The lowest BCUT2D eigenvalue weighted by atomic mass is 9.79. The zero-order valence-corrected chi connectivity index (χ0v) is 24.0. The van der Waals surface area contributed by atoms with Gasteiger partial charge in [-0.15, -0.1) is 0 Å². The average Bonchev–Trinajstić information content (AvgIpc) is 3.30. The zero-order valence-electron chi connectivity index (χ0n) is 23.2. The Balaban J connectivity index is 1.22. The highest BCUT2D eigenvalue weighted by Crippen LogP contribution is 2.47. The van der Waals surface area contributed by atoms with Crippen LogP contribution in [0, 0.1) is 0 Å². The van der Waals surface area contributed by atoms with Gasteiger partial charge in [0.2, 0.25) is 5.69 Å². The Hall–Kier alpha value is -3.88. The Morgan fingerprint density at radius 2 is 1.41 bits per heavy atom. The first-order chi connectivity index (χ1) is 18.7. The summed E-state index contributed by atoms with van der Waals surface area (Å²) in [5.74, 6) is 0. The average molecular weight is 530 g/mol. The molecule has 0 bridgehead atoms. The molecule has 4 aromatic carbocycles. The number of hydrogen-bond donors (Lipinski definition) is 1. The van der Waals surface area contributed by atoms with Crippen molar-refractivity contribution in [3.05, 3.63) is 131 Å². The van der Waals surface area contributed by atoms with E-state index in [1.54, 1.807) is 0 Å². The fraction of sp³-hybridized carbons (Fsp3) is 0.194. The van der Waals surface area contributed by atoms with Gasteiger partial charge in [-0.05, 0) is 71.3 Å². The lowest BCUT2D eigenvalue weighted by Gasteiger charge is -2.21. The summed E-state index contributed by atoms with van der Waals surface area (Å²) in [5.41, 5.74) is 7.36. The van der Waals surface area contributed by atoms with Crippen LogP contribution in [0.5, 0.6) is 0 Å². The molecule has 1 N–H and O–H groups in total. The van der Waals surface area contributed by atoms with Crippen molar-refractivity contribution < 1.29 is 4.58 Å². The van der Waals surface area contributed by atoms with E-state index < -0.39 is 0 Å². The number of nitrogens with one attached hydrogen (secondary N) is 1. The molecule has 0 aromatic heterocycles. The van der Waals surface area contributed by atoms with Crippen molar-refractivity contribution in [3.63, 3.8) is 0 Å². The van der Waals surface area contributed by atoms with Crippen molar-refractivity contribution in [1.29, 1.82) is 0 Å². The third-order valence-corrected chi connectivity index (χ3v) is 8.67. The summed E-state index contributed by atoms with van der Waals surface area (Å²) in [5, 5.41) is 9.48. The van der Waals surface area contributed by atoms with Gasteiger partial charge in [0.1, 0.15) is 7.05 Å². The molecule has 6 rings (SSSR count). The molecule has 2 heterocycles. The molecule has 0 atom stereocenters. The van der Waals surface area contributed by atoms with Gasteiger partial charge in [-0.3, -0.25) is 0 Å². The summed E-state index contributed by atoms with van der Waals surface area (Å²) >= 11 is 6.62. The third-order valence-electron chi connectivity index (χ3n) is 8.42. The van der Waals surface area contributed by atoms with Gasteiger partial charge in [0.05, 0.1) is 5.41 Å². The van der Waals surface area contributed by atoms with Gasteiger partial charge in [-0.25, -0.2) is 0 Å². The quantitative estimate of drug-likeness (QED) is 0.205. The number of rotatable bonds is 4. The van der Waals surface area contributed by atoms with Crippen LogP contribution in [0.1, 0.15) is 38.8 Å². The second-order valence-electron chi connectivity index (χ2n) is 11.6. The van der Waals surface area contributed by atoms with E-state index in [0.717, 1.165) is 0 Å². The van der Waals surface area contributed by atoms with Crippen molar-refractivity contribution in [2.45, 2.75) is 38.5 Å². The highest BCUT2D eigenvalue weighted by Gasteiger charge is 2.44. The van der Waals surface area contributed by atoms with E-state index in [1.165, 1.54) is 55.5 Å². The molecule has 0 saturated carbocycles. The fourth-order valence-corrected chi connectivity index (χ4v) is 6.60. The smallest absolute Gasteiger partial charge is 0.210 e. The molecule has 3 heteroatoms. The Morgan fingerprint density at radius 1 is 0.769 bits per heavy atom. The minimum atomic E-state index is -0.120. The van der Waals surface area contributed by atoms with Gasteiger partial charge >= 0.3 is 0 Å². The Morgan fingerprint density at radius 3 is 2.13 bits per heavy atom. The first-order valence-electron chi connectivity index (χ1n) is 13.5. The van der Waals surface area contributed by atoms with Gasteiger partial charge in [0.15, 0.2) is 5.71 Å². The van der Waals surface area contributed by atoms with Crippen molar-refractivity contribution in [1.82, 2.24) is 0 Å². The summed E-state index contributed by atoms with van der Waals surface area (Å²) in [6, 6.07) is 26.1. The molecule has 0 fully saturated rings. The standard InChI is InChI=1S/C36H33ClN2/c1-35(2)31(38-29-22-20-24-12-6-8-16-27(24)33(29)35)18-10-14-26(37)15-11-19-32-36(3,4)34-28-17-9-7-13-25(28)21-23-30(34)39(32)5/h6-23H,1-5H3/p+1. The van der Waals surface area contributed by atoms with Crippen LogP contribution >= 0.6 is 11.6 Å². The maximum Gasteiger partial charge on any atom is 0.210 e. The lowest BCUT2D eigenvalue weighted by molar-refractivity contribution is -0.401. The topological polar surface area (TPSA) is 15.0 Å². The van der Waals surface area contributed by atoms with Gasteiger partial charge in [0, 0.05) is 39.5 Å². The largest absolute Gasteiger partial charge is 0.358 e. The number of anilines is 1. The van der Waals surface area contributed by atoms with Crippen LogP contribution in [-0.2, 0) is 10.8 Å². The van der Waals surface area contributed by atoms with Crippen molar-refractivity contribution in [2.75, 3.05) is 12.4 Å². The first-order valence-corrected chi connectivity index (χ1v) is 13.9. The number of benzene rings is 4. The summed E-state index contributed by atoms with van der Waals surface area (Å²) in [4.78, 5) is 0. The van der Waals surface area contributed by atoms with Crippen molar-refractivity contribution in [2.24, 2.45) is 0 Å². The molecule has 0 radical (unpaired) electrons. The SMILES string of the molecule is C[N+]1=C(/C=C/C=C(Cl)/C=C/C=C2\Nc3ccc4ccccc4c3C2(C)C)C(C)(C)c2c1ccc1ccccc21. The van der Waals surface area contributed by atoms with Gasteiger partial charge in [-0.2, -0.15) is 4.58 Å². The molecule has 0 spiro atoms. The summed E-state index contributed by atoms with van der Waals surface area (Å²) in [6.45, 7) is 9.15. The number of halogens is 1. The molecular weight excluding hydrogens is 496 g/mol. The molecule has 194 valence electrons. The first kappa shape index (κ1) is 25.4. The highest BCUT2D eigenvalue weighted by atomic mass is 35.5. The van der Waals surface area contributed by atoms with Gasteiger partial charge < -0.3 is 5.32 Å². The fourth-order valence-electron chi connectivity index (χ4n) is 6.45. The van der Waals surface area contributed by atoms with Crippen LogP contribution in [0.2, 0.25) is 0 Å². The second-order valence-corrected chi connectivity index (χ2v) is 12.0. The van der Waals surface area contributed by atoms with Crippen LogP contribution in [0.3, 0.4) is 0 Å². The molecule has 2 nitrogen and oxygen atoms in total. The number of fused-ring (bicyclic) bond motifs is 6. The molecule has 0 amide bonds. The highest BCUT2D eigenvalue weighted by molar-refractivity contribution is 6.31. The van der Waals surface area contributed by atoms with E-state index in [2.05, 4.69) is 136 Å². The number of allylic oxidation sites excluding steroid dienone is 8. The molecule has 0 aliphatic carbocycles. The lowest BCUT2D eigenvalue weighted by Crippen LogP contribution is -2.26. The van der Waals surface area contributed by atoms with Crippen molar-refractivity contribution in [3.8, 4) is 0 Å². The van der Waals surface area contributed by atoms with E-state index in [9.17, 15) is 0 Å². The van der Waals surface area contributed by atoms with Crippen LogP contribution in [0.25, 0.3) is 21.5 Å². The Labute approximate surface area is 236 Å². The van der Waals surface area contributed by atoms with Gasteiger partial charge in [-0.1, -0.05) is 92.2 Å². The summed E-state index contributed by atoms with van der Waals surface area (Å²) < 4.78 is 2.30. The molecule has 0 saturated heterocycles. The second kappa shape index (κ2) is 9.39. The van der Waals surface area contributed by atoms with Crippen molar-refractivity contribution >= 4 is 50.2 Å². The van der Waals surface area contributed by atoms with E-state index in [0.29, 0.717) is 5.03 Å². The van der Waals surface area contributed by atoms with E-state index in [-0.39, 0.29) is 10.8 Å². The Kier molecular flexibility index (Phi) is 6.12. The van der Waals surface area contributed by atoms with E-state index in [4.69, 9.17) is 11.6 Å². The van der Waals surface area contributed by atoms with E-state index >= 15 is 0 Å². The predicted octanol–water partition coefficient (Wildman–Crippen LogP) is 9.52. The van der Waals surface area contributed by atoms with Crippen LogP contribution in [0.4, 0.5) is 11.4 Å². The predicted molar refractivity (Wildman–Crippen MR) is 169 cm³/mol. The Bertz CT molecular complexity index is 1790. The maximum absolute atomic E-state index is 6.62. The molecule has 2 aliphatic heterocycles. The molecule has 0 unspecified atom stereocenters. The van der Waals surface area contributed by atoms with Crippen LogP contribution in [0.15, 0.2) is 120 Å². The molecule has 4 aromatic rings. The van der Waals surface area contributed by atoms with E-state index in [1.807, 2.05) is 18.2 Å².